The molecule has 0 aliphatic carbocycles. The van der Waals surface area contributed by atoms with Crippen LogP contribution in [0.5, 0.6) is 0 Å². The third kappa shape index (κ3) is 7.83. The van der Waals surface area contributed by atoms with Crippen LogP contribution in [0, 0.1) is 0 Å². The quantitative estimate of drug-likeness (QED) is 0.144. The Kier molecular flexibility index (Phi) is 10.1. The number of fused-ring (bicyclic) bond motifs is 3. The highest BCUT2D eigenvalue weighted by atomic mass is 16.3. The minimum Gasteiger partial charge on any atom is -0.455 e. The van der Waals surface area contributed by atoms with E-state index in [2.05, 4.69) is 170 Å². The van der Waals surface area contributed by atoms with E-state index in [1.54, 1.807) is 0 Å². The highest BCUT2D eigenvalue weighted by Gasteiger charge is 2.17. The van der Waals surface area contributed by atoms with Crippen LogP contribution in [0.2, 0.25) is 0 Å². The molecule has 67 heavy (non-hydrogen) atoms. The Balaban J connectivity index is 0.899. The molecule has 0 aliphatic heterocycles. The number of nitrogens with zero attached hydrogens (tertiary/aromatic N) is 5. The Morgan fingerprint density at radius 1 is 0.239 bits per heavy atom. The first-order chi connectivity index (χ1) is 33.2. The molecule has 0 aliphatic rings. The summed E-state index contributed by atoms with van der Waals surface area (Å²) in [6, 6.07) is 81.1. The molecule has 0 spiro atoms. The van der Waals surface area contributed by atoms with Gasteiger partial charge in [0.1, 0.15) is 11.2 Å². The third-order valence-corrected chi connectivity index (χ3v) is 12.2. The van der Waals surface area contributed by atoms with Crippen LogP contribution in [0.3, 0.4) is 0 Å². The van der Waals surface area contributed by atoms with Crippen LogP contribution in [0.4, 0.5) is 0 Å². The SMILES string of the molecule is c1ccc(-c2ccc(-c3nc(-c4ccccc4)nc(-c4cccc(-c5cccc(-c6cc(-c7ccc(-c8cccc9c8oc8ccccc89)cc7)nc(-c7ccccc7)n6)c5)c4)n3)cc2)cc1. The van der Waals surface area contributed by atoms with Crippen LogP contribution in [0.15, 0.2) is 241 Å². The summed E-state index contributed by atoms with van der Waals surface area (Å²) in [5.74, 6) is 2.49. The van der Waals surface area contributed by atoms with E-state index in [4.69, 9.17) is 29.3 Å². The average Bonchev–Trinajstić information content (AvgIpc) is 3.81. The maximum Gasteiger partial charge on any atom is 0.164 e. The highest BCUT2D eigenvalue weighted by Crippen LogP contribution is 2.38. The van der Waals surface area contributed by atoms with E-state index in [9.17, 15) is 0 Å². The largest absolute Gasteiger partial charge is 0.455 e. The van der Waals surface area contributed by atoms with E-state index in [1.165, 1.54) is 0 Å². The van der Waals surface area contributed by atoms with Gasteiger partial charge in [0.05, 0.1) is 11.4 Å². The van der Waals surface area contributed by atoms with Gasteiger partial charge in [-0.05, 0) is 52.1 Å². The first-order valence-electron chi connectivity index (χ1n) is 22.3. The van der Waals surface area contributed by atoms with Crippen molar-refractivity contribution < 1.29 is 4.42 Å². The van der Waals surface area contributed by atoms with Crippen LogP contribution in [0.25, 0.3) is 123 Å². The summed E-state index contributed by atoms with van der Waals surface area (Å²) in [5, 5.41) is 2.22. The van der Waals surface area contributed by atoms with Gasteiger partial charge in [0.15, 0.2) is 23.3 Å². The molecule has 12 rings (SSSR count). The minimum atomic E-state index is 0.599. The van der Waals surface area contributed by atoms with Crippen molar-refractivity contribution in [2.75, 3.05) is 0 Å². The van der Waals surface area contributed by atoms with E-state index in [1.807, 2.05) is 66.7 Å². The molecule has 0 radical (unpaired) electrons. The topological polar surface area (TPSA) is 77.6 Å². The number of furan rings is 1. The van der Waals surface area contributed by atoms with Gasteiger partial charge in [-0.1, -0.05) is 212 Å². The van der Waals surface area contributed by atoms with Crippen LogP contribution < -0.4 is 0 Å². The van der Waals surface area contributed by atoms with Gasteiger partial charge in [-0.2, -0.15) is 0 Å². The van der Waals surface area contributed by atoms with Crippen LogP contribution in [0.1, 0.15) is 0 Å². The van der Waals surface area contributed by atoms with Gasteiger partial charge in [0, 0.05) is 49.7 Å². The third-order valence-electron chi connectivity index (χ3n) is 12.2. The van der Waals surface area contributed by atoms with Crippen LogP contribution in [-0.2, 0) is 0 Å². The molecule has 6 nitrogen and oxygen atoms in total. The molecule has 0 saturated carbocycles. The molecule has 3 aromatic heterocycles. The Hall–Kier alpha value is -9.13. The van der Waals surface area contributed by atoms with Crippen molar-refractivity contribution in [3.8, 4) is 101 Å². The zero-order valence-corrected chi connectivity index (χ0v) is 36.2. The molecule has 314 valence electrons. The van der Waals surface area contributed by atoms with Gasteiger partial charge in [0.2, 0.25) is 0 Å². The molecule has 0 saturated heterocycles. The normalized spacial score (nSPS) is 11.3. The predicted molar refractivity (Wildman–Crippen MR) is 272 cm³/mol. The highest BCUT2D eigenvalue weighted by molar-refractivity contribution is 6.09. The maximum atomic E-state index is 6.38. The fourth-order valence-corrected chi connectivity index (χ4v) is 8.74. The zero-order chi connectivity index (χ0) is 44.5. The Morgan fingerprint density at radius 3 is 1.30 bits per heavy atom. The standard InChI is InChI=1S/C61H39N5O/c1-4-15-40(16-5-1)41-29-35-46(36-30-41)60-64-59(45-19-8-3-9-20-45)65-61(66-60)50-24-13-22-48(38-50)47-21-12-23-49(37-47)55-39-54(62-58(63-55)44-17-6-2-7-18-44)43-33-31-42(32-34-43)51-26-14-27-53-52-25-10-11-28-56(52)67-57(51)53/h1-39H. The number of hydrogen-bond acceptors (Lipinski definition) is 6. The predicted octanol–water partition coefficient (Wildman–Crippen LogP) is 15.6. The summed E-state index contributed by atoms with van der Waals surface area (Å²) in [6.45, 7) is 0. The van der Waals surface area contributed by atoms with Crippen molar-refractivity contribution in [3.63, 3.8) is 0 Å². The molecule has 12 aromatic rings. The van der Waals surface area contributed by atoms with Crippen molar-refractivity contribution in [1.82, 2.24) is 24.9 Å². The number of aromatic nitrogens is 5. The number of hydrogen-bond donors (Lipinski definition) is 0. The molecule has 0 fully saturated rings. The fraction of sp³-hybridized carbons (Fsp3) is 0. The van der Waals surface area contributed by atoms with E-state index in [0.717, 1.165) is 100 Å². The summed E-state index contributed by atoms with van der Waals surface area (Å²) in [5.41, 5.74) is 15.6. The molecule has 0 atom stereocenters. The minimum absolute atomic E-state index is 0.599. The molecule has 6 heteroatoms. The lowest BCUT2D eigenvalue weighted by Gasteiger charge is -2.12. The Bertz CT molecular complexity index is 3720. The number of para-hydroxylation sites is 2. The van der Waals surface area contributed by atoms with E-state index in [-0.39, 0.29) is 0 Å². The van der Waals surface area contributed by atoms with Gasteiger partial charge in [-0.25, -0.2) is 24.9 Å². The Morgan fingerprint density at radius 2 is 0.642 bits per heavy atom. The molecule has 0 unspecified atom stereocenters. The number of rotatable bonds is 9. The molecule has 0 bridgehead atoms. The lowest BCUT2D eigenvalue weighted by Crippen LogP contribution is -2.00. The number of benzene rings is 9. The lowest BCUT2D eigenvalue weighted by molar-refractivity contribution is 0.670. The first kappa shape index (κ1) is 39.5. The van der Waals surface area contributed by atoms with Gasteiger partial charge < -0.3 is 4.42 Å². The van der Waals surface area contributed by atoms with Crippen LogP contribution >= 0.6 is 0 Å². The maximum absolute atomic E-state index is 6.38. The van der Waals surface area contributed by atoms with Crippen molar-refractivity contribution in [1.29, 1.82) is 0 Å². The van der Waals surface area contributed by atoms with E-state index in [0.29, 0.717) is 23.3 Å². The lowest BCUT2D eigenvalue weighted by atomic mass is 9.98. The van der Waals surface area contributed by atoms with Gasteiger partial charge >= 0.3 is 0 Å². The summed E-state index contributed by atoms with van der Waals surface area (Å²) in [7, 11) is 0. The smallest absolute Gasteiger partial charge is 0.164 e. The first-order valence-corrected chi connectivity index (χ1v) is 22.3. The summed E-state index contributed by atoms with van der Waals surface area (Å²) in [4.78, 5) is 25.4. The van der Waals surface area contributed by atoms with Crippen molar-refractivity contribution in [2.24, 2.45) is 0 Å². The van der Waals surface area contributed by atoms with E-state index < -0.39 is 0 Å². The molecule has 9 aromatic carbocycles. The van der Waals surface area contributed by atoms with E-state index >= 15 is 0 Å². The molecule has 3 heterocycles. The zero-order valence-electron chi connectivity index (χ0n) is 36.2. The van der Waals surface area contributed by atoms with Crippen molar-refractivity contribution in [3.05, 3.63) is 237 Å². The second kappa shape index (κ2) is 17.1. The molecular weight excluding hydrogens is 819 g/mol. The summed E-state index contributed by atoms with van der Waals surface area (Å²) >= 11 is 0. The monoisotopic (exact) mass is 857 g/mol. The fourth-order valence-electron chi connectivity index (χ4n) is 8.74. The van der Waals surface area contributed by atoms with Crippen molar-refractivity contribution >= 4 is 21.9 Å². The second-order valence-electron chi connectivity index (χ2n) is 16.5. The molecule has 0 amide bonds. The van der Waals surface area contributed by atoms with Crippen LogP contribution in [-0.4, -0.2) is 24.9 Å². The summed E-state index contributed by atoms with van der Waals surface area (Å²) in [6.07, 6.45) is 0. The summed E-state index contributed by atoms with van der Waals surface area (Å²) < 4.78 is 6.38. The second-order valence-corrected chi connectivity index (χ2v) is 16.5. The van der Waals surface area contributed by atoms with Gasteiger partial charge in [-0.3, -0.25) is 0 Å². The van der Waals surface area contributed by atoms with Gasteiger partial charge in [0.25, 0.3) is 0 Å². The van der Waals surface area contributed by atoms with Crippen molar-refractivity contribution in [2.45, 2.75) is 0 Å². The molecular formula is C61H39N5O. The molecule has 0 N–H and O–H groups in total. The van der Waals surface area contributed by atoms with Gasteiger partial charge in [-0.15, -0.1) is 0 Å². The average molecular weight is 858 g/mol. The Labute approximate surface area is 387 Å².